The highest BCUT2D eigenvalue weighted by atomic mass is 32.2. The first-order valence-corrected chi connectivity index (χ1v) is 13.7. The van der Waals surface area contributed by atoms with Crippen LogP contribution in [0, 0.1) is 0 Å². The minimum absolute atomic E-state index is 0.321. The molecular weight excluding hydrogens is 496 g/mol. The van der Waals surface area contributed by atoms with Gasteiger partial charge in [-0.3, -0.25) is 0 Å². The molecule has 0 radical (unpaired) electrons. The molecule has 198 valence electrons. The third kappa shape index (κ3) is 4.89. The predicted octanol–water partition coefficient (Wildman–Crippen LogP) is 1.99. The van der Waals surface area contributed by atoms with Gasteiger partial charge in [0.15, 0.2) is 11.5 Å². The summed E-state index contributed by atoms with van der Waals surface area (Å²) in [5.74, 6) is 1.88. The van der Waals surface area contributed by atoms with Gasteiger partial charge in [0.2, 0.25) is 5.95 Å². The van der Waals surface area contributed by atoms with Crippen molar-refractivity contribution in [3.63, 3.8) is 0 Å². The quantitative estimate of drug-likeness (QED) is 0.512. The predicted molar refractivity (Wildman–Crippen MR) is 142 cm³/mol. The summed E-state index contributed by atoms with van der Waals surface area (Å²) in [5.41, 5.74) is 8.85. The number of rotatable bonds is 6. The van der Waals surface area contributed by atoms with Gasteiger partial charge in [-0.1, -0.05) is 30.3 Å². The van der Waals surface area contributed by atoms with Crippen LogP contribution >= 0.6 is 0 Å². The third-order valence-corrected chi connectivity index (χ3v) is 8.80. The van der Waals surface area contributed by atoms with Crippen LogP contribution in [0.1, 0.15) is 6.42 Å². The van der Waals surface area contributed by atoms with Gasteiger partial charge >= 0.3 is 0 Å². The van der Waals surface area contributed by atoms with Gasteiger partial charge in [0.05, 0.1) is 38.3 Å². The molecule has 2 aliphatic heterocycles. The molecular formula is C25H32N6O5S. The van der Waals surface area contributed by atoms with E-state index < -0.39 is 10.2 Å². The van der Waals surface area contributed by atoms with Crippen molar-refractivity contribution in [3.05, 3.63) is 36.4 Å². The van der Waals surface area contributed by atoms with Gasteiger partial charge in [0.1, 0.15) is 5.82 Å². The van der Waals surface area contributed by atoms with Crippen molar-refractivity contribution in [2.45, 2.75) is 6.42 Å². The maximum atomic E-state index is 13.2. The van der Waals surface area contributed by atoms with Crippen LogP contribution in [0.25, 0.3) is 22.0 Å². The molecule has 2 aromatic carbocycles. The van der Waals surface area contributed by atoms with Crippen LogP contribution in [0.5, 0.6) is 11.5 Å². The van der Waals surface area contributed by atoms with Crippen LogP contribution in [0.3, 0.4) is 0 Å². The molecule has 2 fully saturated rings. The molecule has 0 atom stereocenters. The van der Waals surface area contributed by atoms with Crippen molar-refractivity contribution < 1.29 is 22.6 Å². The number of hydrogen-bond donors (Lipinski definition) is 1. The van der Waals surface area contributed by atoms with Gasteiger partial charge in [-0.05, 0) is 12.0 Å². The highest BCUT2D eigenvalue weighted by Gasteiger charge is 2.33. The second-order valence-electron chi connectivity index (χ2n) is 8.91. The number of ether oxygens (including phenoxy) is 3. The molecule has 37 heavy (non-hydrogen) atoms. The molecule has 0 amide bonds. The minimum Gasteiger partial charge on any atom is -0.493 e. The van der Waals surface area contributed by atoms with Crippen LogP contribution in [0.4, 0.5) is 11.8 Å². The summed E-state index contributed by atoms with van der Waals surface area (Å²) in [5, 5.41) is 0.680. The molecule has 2 N–H and O–H groups in total. The Bertz CT molecular complexity index is 1370. The number of nitrogens with zero attached hydrogens (tertiary/aromatic N) is 5. The monoisotopic (exact) mass is 528 g/mol. The van der Waals surface area contributed by atoms with Crippen LogP contribution < -0.4 is 20.1 Å². The van der Waals surface area contributed by atoms with Crippen LogP contribution in [-0.2, 0) is 14.9 Å². The smallest absolute Gasteiger partial charge is 0.282 e. The van der Waals surface area contributed by atoms with Crippen molar-refractivity contribution >= 4 is 32.9 Å². The van der Waals surface area contributed by atoms with Crippen LogP contribution in [-0.4, -0.2) is 93.7 Å². The third-order valence-electron chi connectivity index (χ3n) is 6.77. The number of fused-ring (bicyclic) bond motifs is 1. The maximum Gasteiger partial charge on any atom is 0.282 e. The van der Waals surface area contributed by atoms with Crippen molar-refractivity contribution in [3.8, 4) is 22.6 Å². The number of aromatic nitrogens is 2. The number of morpholine rings is 1. The number of nitrogen functional groups attached to an aromatic ring is 1. The number of benzene rings is 2. The van der Waals surface area contributed by atoms with E-state index in [0.717, 1.165) is 11.1 Å². The number of anilines is 2. The minimum atomic E-state index is -3.55. The Morgan fingerprint density at radius 3 is 2.35 bits per heavy atom. The summed E-state index contributed by atoms with van der Waals surface area (Å²) in [4.78, 5) is 11.5. The zero-order valence-corrected chi connectivity index (χ0v) is 21.9. The summed E-state index contributed by atoms with van der Waals surface area (Å²) in [6.45, 7) is 3.42. The summed E-state index contributed by atoms with van der Waals surface area (Å²) in [6.07, 6.45) is 0.645. The summed E-state index contributed by atoms with van der Waals surface area (Å²) in [6, 6.07) is 11.6. The lowest BCUT2D eigenvalue weighted by Crippen LogP contribution is -2.49. The van der Waals surface area contributed by atoms with E-state index in [1.165, 1.54) is 4.31 Å². The largest absolute Gasteiger partial charge is 0.493 e. The first kappa shape index (κ1) is 25.5. The summed E-state index contributed by atoms with van der Waals surface area (Å²) in [7, 11) is -0.368. The van der Waals surface area contributed by atoms with E-state index in [2.05, 4.69) is 4.98 Å². The molecule has 0 aliphatic carbocycles. The Kier molecular flexibility index (Phi) is 7.33. The van der Waals surface area contributed by atoms with E-state index in [0.29, 0.717) is 93.1 Å². The average molecular weight is 529 g/mol. The Morgan fingerprint density at radius 1 is 0.919 bits per heavy atom. The Morgan fingerprint density at radius 2 is 1.65 bits per heavy atom. The SMILES string of the molecule is COc1cc2nc(N3CCCN(S(=O)(=O)N4CCOCC4)CC3)nc(N)c2c(-c2ccccc2)c1OC. The lowest BCUT2D eigenvalue weighted by Gasteiger charge is -2.31. The molecule has 2 aliphatic rings. The van der Waals surface area contributed by atoms with Crippen molar-refractivity contribution in [1.82, 2.24) is 18.6 Å². The zero-order valence-electron chi connectivity index (χ0n) is 21.1. The Hall–Kier alpha value is -3.19. The second-order valence-corrected chi connectivity index (χ2v) is 10.8. The normalized spacial score (nSPS) is 18.1. The molecule has 2 saturated heterocycles. The van der Waals surface area contributed by atoms with Gasteiger partial charge in [0.25, 0.3) is 10.2 Å². The highest BCUT2D eigenvalue weighted by Crippen LogP contribution is 2.45. The summed E-state index contributed by atoms with van der Waals surface area (Å²) >= 11 is 0. The number of methoxy groups -OCH3 is 2. The molecule has 3 heterocycles. The molecule has 3 aromatic rings. The molecule has 12 heteroatoms. The second kappa shape index (κ2) is 10.7. The molecule has 0 bridgehead atoms. The van der Waals surface area contributed by atoms with Crippen LogP contribution in [0.15, 0.2) is 36.4 Å². The molecule has 11 nitrogen and oxygen atoms in total. The van der Waals surface area contributed by atoms with Crippen molar-refractivity contribution in [2.24, 2.45) is 0 Å². The topological polar surface area (TPSA) is 123 Å². The number of hydrogen-bond acceptors (Lipinski definition) is 9. The van der Waals surface area contributed by atoms with E-state index in [4.69, 9.17) is 24.9 Å². The Balaban J connectivity index is 1.49. The van der Waals surface area contributed by atoms with Crippen molar-refractivity contribution in [2.75, 3.05) is 77.3 Å². The molecule has 0 unspecified atom stereocenters. The fourth-order valence-corrected chi connectivity index (χ4v) is 6.52. The Labute approximate surface area is 216 Å². The van der Waals surface area contributed by atoms with Gasteiger partial charge in [0, 0.05) is 50.9 Å². The average Bonchev–Trinajstić information content (AvgIpc) is 3.20. The molecule has 1 aromatic heterocycles. The van der Waals surface area contributed by atoms with E-state index >= 15 is 0 Å². The summed E-state index contributed by atoms with van der Waals surface area (Å²) < 4.78 is 46.1. The fourth-order valence-electron chi connectivity index (χ4n) is 4.91. The number of nitrogens with two attached hydrogens (primary N) is 1. The fraction of sp³-hybridized carbons (Fsp3) is 0.440. The maximum absolute atomic E-state index is 13.2. The van der Waals surface area contributed by atoms with E-state index in [1.54, 1.807) is 24.6 Å². The first-order valence-electron chi connectivity index (χ1n) is 12.3. The molecule has 0 spiro atoms. The van der Waals surface area contributed by atoms with E-state index in [9.17, 15) is 8.42 Å². The molecule has 5 rings (SSSR count). The first-order chi connectivity index (χ1) is 17.9. The highest BCUT2D eigenvalue weighted by molar-refractivity contribution is 7.86. The zero-order chi connectivity index (χ0) is 26.0. The van der Waals surface area contributed by atoms with Gasteiger partial charge in [-0.25, -0.2) is 4.98 Å². The van der Waals surface area contributed by atoms with Gasteiger partial charge < -0.3 is 24.8 Å². The van der Waals surface area contributed by atoms with Gasteiger partial charge in [-0.15, -0.1) is 0 Å². The van der Waals surface area contributed by atoms with E-state index in [-0.39, 0.29) is 0 Å². The van der Waals surface area contributed by atoms with Crippen molar-refractivity contribution in [1.29, 1.82) is 0 Å². The molecule has 0 saturated carbocycles. The lowest BCUT2D eigenvalue weighted by atomic mass is 9.99. The van der Waals surface area contributed by atoms with Gasteiger partial charge in [-0.2, -0.15) is 22.0 Å². The lowest BCUT2D eigenvalue weighted by molar-refractivity contribution is 0.0703. The standard InChI is InChI=1S/C25H32N6O5S/c1-34-20-17-19-22(21(23(20)35-2)18-7-4-3-5-8-18)24(26)28-25(27-19)29-9-6-10-30(12-11-29)37(32,33)31-13-15-36-16-14-31/h3-5,7-8,17H,6,9-16H2,1-2H3,(H2,26,27,28). The van der Waals surface area contributed by atoms with E-state index in [1.807, 2.05) is 35.2 Å². The van der Waals surface area contributed by atoms with Crippen LogP contribution in [0.2, 0.25) is 0 Å².